The van der Waals surface area contributed by atoms with Gasteiger partial charge in [0.2, 0.25) is 0 Å². The van der Waals surface area contributed by atoms with Crippen molar-refractivity contribution in [2.45, 2.75) is 34.2 Å². The molecule has 6 nitrogen and oxygen atoms in total. The molecule has 0 spiro atoms. The summed E-state index contributed by atoms with van der Waals surface area (Å²) in [7, 11) is 0. The Balaban J connectivity index is 1.71. The van der Waals surface area contributed by atoms with E-state index in [1.165, 1.54) is 0 Å². The van der Waals surface area contributed by atoms with E-state index in [1.54, 1.807) is 17.7 Å². The molecule has 2 amide bonds. The largest absolute Gasteiger partial charge is 0.273 e. The summed E-state index contributed by atoms with van der Waals surface area (Å²) in [6.45, 7) is 8.05. The van der Waals surface area contributed by atoms with E-state index in [0.717, 1.165) is 22.4 Å². The number of amides is 2. The van der Waals surface area contributed by atoms with Gasteiger partial charge in [0.25, 0.3) is 11.8 Å². The Labute approximate surface area is 164 Å². The monoisotopic (exact) mass is 376 g/mol. The number of hydrazine groups is 1. The van der Waals surface area contributed by atoms with Gasteiger partial charge < -0.3 is 0 Å². The molecule has 2 N–H and O–H groups in total. The summed E-state index contributed by atoms with van der Waals surface area (Å²) in [6.07, 6.45) is 0. The van der Waals surface area contributed by atoms with Crippen LogP contribution >= 0.6 is 0 Å². The van der Waals surface area contributed by atoms with Gasteiger partial charge in [-0.15, -0.1) is 0 Å². The summed E-state index contributed by atoms with van der Waals surface area (Å²) >= 11 is 0. The van der Waals surface area contributed by atoms with Gasteiger partial charge in [0.05, 0.1) is 17.8 Å². The second-order valence-corrected chi connectivity index (χ2v) is 6.92. The van der Waals surface area contributed by atoms with Crippen molar-refractivity contribution in [3.8, 4) is 0 Å². The number of carbonyl (C=O) groups excluding carboxylic acids is 2. The number of carbonyl (C=O) groups is 2. The molecule has 0 saturated heterocycles. The molecule has 2 aromatic carbocycles. The topological polar surface area (TPSA) is 76.0 Å². The fourth-order valence-electron chi connectivity index (χ4n) is 3.25. The highest BCUT2D eigenvalue weighted by atomic mass is 16.2. The highest BCUT2D eigenvalue weighted by Crippen LogP contribution is 2.15. The van der Waals surface area contributed by atoms with Crippen molar-refractivity contribution >= 4 is 11.8 Å². The number of nitrogens with one attached hydrogen (secondary N) is 2. The third-order valence-corrected chi connectivity index (χ3v) is 4.70. The molecule has 28 heavy (non-hydrogen) atoms. The minimum absolute atomic E-state index is 0.349. The third-order valence-electron chi connectivity index (χ3n) is 4.70. The Morgan fingerprint density at radius 2 is 1.61 bits per heavy atom. The predicted octanol–water partition coefficient (Wildman–Crippen LogP) is 3.24. The van der Waals surface area contributed by atoms with Gasteiger partial charge in [0.15, 0.2) is 0 Å². The van der Waals surface area contributed by atoms with Gasteiger partial charge in [-0.3, -0.25) is 25.1 Å². The number of benzene rings is 2. The Bertz CT molecular complexity index is 1020. The zero-order chi connectivity index (χ0) is 20.3. The molecule has 1 aromatic heterocycles. The van der Waals surface area contributed by atoms with Crippen LogP contribution in [0.15, 0.2) is 48.5 Å². The second-order valence-electron chi connectivity index (χ2n) is 6.92. The van der Waals surface area contributed by atoms with Crippen LogP contribution in [-0.4, -0.2) is 21.6 Å². The van der Waals surface area contributed by atoms with Crippen LogP contribution in [0.1, 0.15) is 48.8 Å². The maximum absolute atomic E-state index is 12.6. The van der Waals surface area contributed by atoms with Crippen molar-refractivity contribution in [2.24, 2.45) is 0 Å². The molecule has 0 aliphatic heterocycles. The van der Waals surface area contributed by atoms with Crippen LogP contribution in [0.5, 0.6) is 0 Å². The molecule has 0 saturated carbocycles. The van der Waals surface area contributed by atoms with E-state index in [0.29, 0.717) is 23.4 Å². The Morgan fingerprint density at radius 1 is 0.929 bits per heavy atom. The Morgan fingerprint density at radius 3 is 2.29 bits per heavy atom. The van der Waals surface area contributed by atoms with Crippen molar-refractivity contribution in [1.29, 1.82) is 0 Å². The molecular formula is C22H24N4O2. The average Bonchev–Trinajstić information content (AvgIpc) is 2.93. The second kappa shape index (κ2) is 8.08. The van der Waals surface area contributed by atoms with Gasteiger partial charge in [0, 0.05) is 11.3 Å². The van der Waals surface area contributed by atoms with Crippen LogP contribution in [0.4, 0.5) is 0 Å². The molecule has 6 heteroatoms. The molecule has 0 aliphatic carbocycles. The van der Waals surface area contributed by atoms with Crippen LogP contribution in [0, 0.1) is 27.7 Å². The van der Waals surface area contributed by atoms with Gasteiger partial charge in [-0.1, -0.05) is 48.0 Å². The number of hydrogen-bond donors (Lipinski definition) is 2. The summed E-state index contributed by atoms with van der Waals surface area (Å²) < 4.78 is 1.80. The first kappa shape index (κ1) is 19.4. The molecule has 0 bridgehead atoms. The van der Waals surface area contributed by atoms with Crippen molar-refractivity contribution < 1.29 is 9.59 Å². The summed E-state index contributed by atoms with van der Waals surface area (Å²) in [5, 5.41) is 4.48. The Kier molecular flexibility index (Phi) is 5.59. The zero-order valence-electron chi connectivity index (χ0n) is 16.5. The number of aryl methyl sites for hydroxylation is 3. The van der Waals surface area contributed by atoms with E-state index in [2.05, 4.69) is 16.0 Å². The minimum atomic E-state index is -0.382. The molecule has 1 heterocycles. The maximum atomic E-state index is 12.6. The molecular weight excluding hydrogens is 352 g/mol. The van der Waals surface area contributed by atoms with Crippen LogP contribution in [0.2, 0.25) is 0 Å². The minimum Gasteiger partial charge on any atom is -0.267 e. The van der Waals surface area contributed by atoms with Crippen molar-refractivity contribution in [1.82, 2.24) is 20.6 Å². The third kappa shape index (κ3) is 4.11. The first-order valence-corrected chi connectivity index (χ1v) is 9.12. The van der Waals surface area contributed by atoms with E-state index >= 15 is 0 Å². The van der Waals surface area contributed by atoms with E-state index in [4.69, 9.17) is 0 Å². The molecule has 0 aliphatic rings. The quantitative estimate of drug-likeness (QED) is 0.687. The molecule has 0 radical (unpaired) electrons. The lowest BCUT2D eigenvalue weighted by molar-refractivity contribution is 0.0845. The highest BCUT2D eigenvalue weighted by molar-refractivity contribution is 6.00. The van der Waals surface area contributed by atoms with Gasteiger partial charge in [-0.2, -0.15) is 5.10 Å². The summed E-state index contributed by atoms with van der Waals surface area (Å²) in [4.78, 5) is 25.0. The molecule has 3 rings (SSSR count). The summed E-state index contributed by atoms with van der Waals surface area (Å²) in [5.41, 5.74) is 10.4. The van der Waals surface area contributed by atoms with Crippen LogP contribution in [0.25, 0.3) is 0 Å². The fourth-order valence-corrected chi connectivity index (χ4v) is 3.25. The molecule has 144 valence electrons. The predicted molar refractivity (Wildman–Crippen MR) is 108 cm³/mol. The lowest BCUT2D eigenvalue weighted by Crippen LogP contribution is -2.42. The van der Waals surface area contributed by atoms with Crippen molar-refractivity contribution in [3.63, 3.8) is 0 Å². The number of hydrogen-bond acceptors (Lipinski definition) is 3. The van der Waals surface area contributed by atoms with E-state index in [9.17, 15) is 9.59 Å². The van der Waals surface area contributed by atoms with Crippen LogP contribution in [0.3, 0.4) is 0 Å². The summed E-state index contributed by atoms with van der Waals surface area (Å²) in [6, 6.07) is 15.5. The van der Waals surface area contributed by atoms with Gasteiger partial charge >= 0.3 is 0 Å². The Hall–Kier alpha value is -3.41. The molecule has 0 fully saturated rings. The van der Waals surface area contributed by atoms with Crippen LogP contribution < -0.4 is 10.9 Å². The van der Waals surface area contributed by atoms with Gasteiger partial charge in [0.1, 0.15) is 0 Å². The zero-order valence-corrected chi connectivity index (χ0v) is 16.5. The first-order valence-electron chi connectivity index (χ1n) is 9.12. The number of nitrogens with zero attached hydrogens (tertiary/aromatic N) is 2. The standard InChI is InChI=1S/C22H24N4O2/c1-14-10-11-19(15(2)12-14)21(27)23-24-22(28)20-16(3)25-26(17(20)4)13-18-8-6-5-7-9-18/h5-12H,13H2,1-4H3,(H,23,27)(H,24,28). The maximum Gasteiger partial charge on any atom is 0.273 e. The fraction of sp³-hybridized carbons (Fsp3) is 0.227. The average molecular weight is 376 g/mol. The molecule has 0 unspecified atom stereocenters. The van der Waals surface area contributed by atoms with Gasteiger partial charge in [-0.05, 0) is 44.9 Å². The smallest absolute Gasteiger partial charge is 0.267 e. The normalized spacial score (nSPS) is 10.6. The molecule has 3 aromatic rings. The highest BCUT2D eigenvalue weighted by Gasteiger charge is 2.19. The number of aromatic nitrogens is 2. The van der Waals surface area contributed by atoms with E-state index < -0.39 is 0 Å². The van der Waals surface area contributed by atoms with E-state index in [1.807, 2.05) is 63.2 Å². The first-order chi connectivity index (χ1) is 13.4. The van der Waals surface area contributed by atoms with Gasteiger partial charge in [-0.25, -0.2) is 0 Å². The van der Waals surface area contributed by atoms with Crippen molar-refractivity contribution in [2.75, 3.05) is 0 Å². The van der Waals surface area contributed by atoms with Crippen molar-refractivity contribution in [3.05, 3.63) is 87.7 Å². The lowest BCUT2D eigenvalue weighted by atomic mass is 10.1. The lowest BCUT2D eigenvalue weighted by Gasteiger charge is -2.10. The SMILES string of the molecule is Cc1ccc(C(=O)NNC(=O)c2c(C)nn(Cc3ccccc3)c2C)c(C)c1. The number of rotatable bonds is 4. The summed E-state index contributed by atoms with van der Waals surface area (Å²) in [5.74, 6) is -0.731. The van der Waals surface area contributed by atoms with Crippen LogP contribution in [-0.2, 0) is 6.54 Å². The van der Waals surface area contributed by atoms with E-state index in [-0.39, 0.29) is 11.8 Å². The molecule has 0 atom stereocenters.